The van der Waals surface area contributed by atoms with E-state index < -0.39 is 30.1 Å². The van der Waals surface area contributed by atoms with Gasteiger partial charge in [0, 0.05) is 24.6 Å². The van der Waals surface area contributed by atoms with Crippen molar-refractivity contribution in [2.24, 2.45) is 5.73 Å². The minimum atomic E-state index is -0.821. The number of nitrogens with two attached hydrogens (primary N) is 2. The van der Waals surface area contributed by atoms with Gasteiger partial charge in [0.15, 0.2) is 6.10 Å². The SMILES string of the molecule is COC(=O)C(N)Cc1ccc(Oc2ccc(CC3OC(=O)NC3=O)cc2)cc1N. The summed E-state index contributed by atoms with van der Waals surface area (Å²) < 4.78 is 15.3. The predicted octanol–water partition coefficient (Wildman–Crippen LogP) is 1.28. The monoisotopic (exact) mass is 399 g/mol. The lowest BCUT2D eigenvalue weighted by Crippen LogP contribution is -2.33. The van der Waals surface area contributed by atoms with Gasteiger partial charge in [0.2, 0.25) is 0 Å². The van der Waals surface area contributed by atoms with Gasteiger partial charge in [-0.1, -0.05) is 18.2 Å². The minimum absolute atomic E-state index is 0.257. The minimum Gasteiger partial charge on any atom is -0.468 e. The number of methoxy groups -OCH3 is 1. The molecule has 2 unspecified atom stereocenters. The van der Waals surface area contributed by atoms with Gasteiger partial charge in [-0.25, -0.2) is 4.79 Å². The number of anilines is 1. The lowest BCUT2D eigenvalue weighted by molar-refractivity contribution is -0.142. The molecule has 0 aromatic heterocycles. The molecule has 1 fully saturated rings. The number of rotatable bonds is 7. The molecule has 0 bridgehead atoms. The average molecular weight is 399 g/mol. The topological polar surface area (TPSA) is 143 Å². The number of benzene rings is 2. The Labute approximate surface area is 166 Å². The number of carbonyl (C=O) groups excluding carboxylic acids is 3. The zero-order valence-electron chi connectivity index (χ0n) is 15.7. The average Bonchev–Trinajstić information content (AvgIpc) is 3.01. The van der Waals surface area contributed by atoms with Crippen molar-refractivity contribution in [2.75, 3.05) is 12.8 Å². The molecule has 2 atom stereocenters. The van der Waals surface area contributed by atoms with Crippen LogP contribution in [0.25, 0.3) is 0 Å². The van der Waals surface area contributed by atoms with Gasteiger partial charge >= 0.3 is 12.1 Å². The molecular weight excluding hydrogens is 378 g/mol. The molecular formula is C20H21N3O6. The highest BCUT2D eigenvalue weighted by Gasteiger charge is 2.32. The van der Waals surface area contributed by atoms with Crippen LogP contribution < -0.4 is 21.5 Å². The Kier molecular flexibility index (Phi) is 5.99. The molecule has 1 aliphatic rings. The maximum absolute atomic E-state index is 11.6. The lowest BCUT2D eigenvalue weighted by Gasteiger charge is -2.13. The van der Waals surface area contributed by atoms with Gasteiger partial charge in [0.25, 0.3) is 5.91 Å². The van der Waals surface area contributed by atoms with Crippen molar-refractivity contribution in [1.82, 2.24) is 5.32 Å². The lowest BCUT2D eigenvalue weighted by atomic mass is 10.0. The number of hydrogen-bond acceptors (Lipinski definition) is 8. The van der Waals surface area contributed by atoms with Crippen LogP contribution in [0.5, 0.6) is 11.5 Å². The van der Waals surface area contributed by atoms with Crippen LogP contribution in [0, 0.1) is 0 Å². The van der Waals surface area contributed by atoms with Gasteiger partial charge in [-0.2, -0.15) is 0 Å². The summed E-state index contributed by atoms with van der Waals surface area (Å²) in [5.41, 5.74) is 13.8. The van der Waals surface area contributed by atoms with E-state index in [2.05, 4.69) is 10.1 Å². The molecule has 0 spiro atoms. The third-order valence-corrected chi connectivity index (χ3v) is 4.41. The van der Waals surface area contributed by atoms with Crippen molar-refractivity contribution in [3.05, 3.63) is 53.6 Å². The fraction of sp³-hybridized carbons (Fsp3) is 0.250. The van der Waals surface area contributed by atoms with E-state index >= 15 is 0 Å². The van der Waals surface area contributed by atoms with E-state index in [1.165, 1.54) is 7.11 Å². The summed E-state index contributed by atoms with van der Waals surface area (Å²) in [6.07, 6.45) is -1.02. The summed E-state index contributed by atoms with van der Waals surface area (Å²) in [6, 6.07) is 11.4. The van der Waals surface area contributed by atoms with E-state index in [4.69, 9.17) is 20.9 Å². The summed E-state index contributed by atoms with van der Waals surface area (Å²) in [5.74, 6) is 0.141. The Bertz CT molecular complexity index is 928. The highest BCUT2D eigenvalue weighted by molar-refractivity contribution is 6.00. The van der Waals surface area contributed by atoms with Crippen LogP contribution in [-0.2, 0) is 31.9 Å². The Morgan fingerprint density at radius 1 is 1.17 bits per heavy atom. The molecule has 2 aromatic rings. The van der Waals surface area contributed by atoms with Crippen molar-refractivity contribution in [3.63, 3.8) is 0 Å². The zero-order chi connectivity index (χ0) is 21.0. The molecule has 2 amide bonds. The molecule has 0 radical (unpaired) electrons. The van der Waals surface area contributed by atoms with Gasteiger partial charge in [-0.15, -0.1) is 0 Å². The number of nitrogens with one attached hydrogen (secondary N) is 1. The molecule has 0 saturated carbocycles. The summed E-state index contributed by atoms with van der Waals surface area (Å²) in [5, 5.41) is 2.09. The Morgan fingerprint density at radius 2 is 1.86 bits per heavy atom. The van der Waals surface area contributed by atoms with Crippen molar-refractivity contribution in [3.8, 4) is 11.5 Å². The Morgan fingerprint density at radius 3 is 2.45 bits per heavy atom. The second kappa shape index (κ2) is 8.61. The molecule has 2 aromatic carbocycles. The van der Waals surface area contributed by atoms with Gasteiger partial charge in [0.1, 0.15) is 17.5 Å². The summed E-state index contributed by atoms with van der Waals surface area (Å²) in [6.45, 7) is 0. The van der Waals surface area contributed by atoms with Crippen LogP contribution in [0.4, 0.5) is 10.5 Å². The molecule has 1 heterocycles. The normalized spacial score (nSPS) is 16.7. The Balaban J connectivity index is 1.61. The van der Waals surface area contributed by atoms with E-state index in [1.54, 1.807) is 42.5 Å². The predicted molar refractivity (Wildman–Crippen MR) is 103 cm³/mol. The van der Waals surface area contributed by atoms with Crippen LogP contribution in [0.1, 0.15) is 11.1 Å². The largest absolute Gasteiger partial charge is 0.468 e. The first kappa shape index (κ1) is 20.2. The highest BCUT2D eigenvalue weighted by Crippen LogP contribution is 2.26. The molecule has 152 valence electrons. The number of cyclic esters (lactones) is 1. The third-order valence-electron chi connectivity index (χ3n) is 4.41. The molecule has 3 rings (SSSR count). The quantitative estimate of drug-likeness (QED) is 0.467. The fourth-order valence-electron chi connectivity index (χ4n) is 2.87. The fourth-order valence-corrected chi connectivity index (χ4v) is 2.87. The van der Waals surface area contributed by atoms with Crippen molar-refractivity contribution in [2.45, 2.75) is 25.0 Å². The van der Waals surface area contributed by atoms with E-state index in [9.17, 15) is 14.4 Å². The number of imide groups is 1. The summed E-state index contributed by atoms with van der Waals surface area (Å²) >= 11 is 0. The second-order valence-corrected chi connectivity index (χ2v) is 6.53. The maximum Gasteiger partial charge on any atom is 0.414 e. The second-order valence-electron chi connectivity index (χ2n) is 6.53. The van der Waals surface area contributed by atoms with E-state index in [0.29, 0.717) is 17.2 Å². The molecule has 1 aliphatic heterocycles. The zero-order valence-corrected chi connectivity index (χ0v) is 15.7. The van der Waals surface area contributed by atoms with Gasteiger partial charge in [-0.3, -0.25) is 14.9 Å². The van der Waals surface area contributed by atoms with Crippen LogP contribution in [0.3, 0.4) is 0 Å². The van der Waals surface area contributed by atoms with E-state index in [1.807, 2.05) is 0 Å². The standard InChI is InChI=1S/C20H21N3O6/c1-27-19(25)16(22)9-12-4-7-14(10-15(12)21)28-13-5-2-11(3-6-13)8-17-18(24)23-20(26)29-17/h2-7,10,16-17H,8-9,21-22H2,1H3,(H,23,24,26). The maximum atomic E-state index is 11.6. The number of hydrogen-bond donors (Lipinski definition) is 3. The molecule has 29 heavy (non-hydrogen) atoms. The molecule has 1 saturated heterocycles. The molecule has 9 heteroatoms. The van der Waals surface area contributed by atoms with Crippen molar-refractivity contribution in [1.29, 1.82) is 0 Å². The van der Waals surface area contributed by atoms with Crippen molar-refractivity contribution >= 4 is 23.7 Å². The first-order valence-corrected chi connectivity index (χ1v) is 8.86. The molecule has 5 N–H and O–H groups in total. The first-order valence-electron chi connectivity index (χ1n) is 8.86. The Hall–Kier alpha value is -3.59. The van der Waals surface area contributed by atoms with E-state index in [-0.39, 0.29) is 12.8 Å². The van der Waals surface area contributed by atoms with Crippen LogP contribution in [-0.4, -0.2) is 37.2 Å². The number of carbonyl (C=O) groups is 3. The number of esters is 1. The highest BCUT2D eigenvalue weighted by atomic mass is 16.6. The summed E-state index contributed by atoms with van der Waals surface area (Å²) in [7, 11) is 1.28. The van der Waals surface area contributed by atoms with Gasteiger partial charge < -0.3 is 25.7 Å². The van der Waals surface area contributed by atoms with Crippen LogP contribution in [0.2, 0.25) is 0 Å². The van der Waals surface area contributed by atoms with E-state index in [0.717, 1.165) is 11.1 Å². The number of nitrogen functional groups attached to an aromatic ring is 1. The summed E-state index contributed by atoms with van der Waals surface area (Å²) in [4.78, 5) is 34.1. The molecule has 0 aliphatic carbocycles. The van der Waals surface area contributed by atoms with Crippen LogP contribution in [0.15, 0.2) is 42.5 Å². The van der Waals surface area contributed by atoms with Crippen molar-refractivity contribution < 1.29 is 28.6 Å². The van der Waals surface area contributed by atoms with Gasteiger partial charge in [-0.05, 0) is 29.3 Å². The van der Waals surface area contributed by atoms with Crippen LogP contribution >= 0.6 is 0 Å². The number of ether oxygens (including phenoxy) is 3. The third kappa shape index (κ3) is 5.02. The molecule has 9 nitrogen and oxygen atoms in total. The number of amides is 2. The van der Waals surface area contributed by atoms with Gasteiger partial charge in [0.05, 0.1) is 7.11 Å². The smallest absolute Gasteiger partial charge is 0.414 e. The number of alkyl carbamates (subject to hydrolysis) is 1. The first-order chi connectivity index (χ1) is 13.9.